The molecular formula is C28H30FN3O2. The summed E-state index contributed by atoms with van der Waals surface area (Å²) in [5.74, 6) is 0.932. The van der Waals surface area contributed by atoms with E-state index >= 15 is 0 Å². The molecule has 6 rings (SSSR count). The number of anilines is 1. The highest BCUT2D eigenvalue weighted by molar-refractivity contribution is 5.57. The molecule has 0 amide bonds. The van der Waals surface area contributed by atoms with Crippen LogP contribution in [-0.2, 0) is 6.42 Å². The molecule has 2 bridgehead atoms. The summed E-state index contributed by atoms with van der Waals surface area (Å²) in [5.41, 5.74) is 4.45. The molecule has 3 aliphatic heterocycles. The van der Waals surface area contributed by atoms with E-state index < -0.39 is 0 Å². The van der Waals surface area contributed by atoms with E-state index in [-0.39, 0.29) is 11.9 Å². The minimum atomic E-state index is -0.234. The van der Waals surface area contributed by atoms with Crippen LogP contribution in [-0.4, -0.2) is 54.9 Å². The zero-order chi connectivity index (χ0) is 23.1. The second kappa shape index (κ2) is 8.93. The van der Waals surface area contributed by atoms with Gasteiger partial charge >= 0.3 is 0 Å². The van der Waals surface area contributed by atoms with Gasteiger partial charge in [-0.25, -0.2) is 4.39 Å². The lowest BCUT2D eigenvalue weighted by Gasteiger charge is -2.39. The van der Waals surface area contributed by atoms with Crippen molar-refractivity contribution in [3.05, 3.63) is 89.2 Å². The van der Waals surface area contributed by atoms with Crippen LogP contribution in [0.2, 0.25) is 0 Å². The molecule has 0 aliphatic carbocycles. The van der Waals surface area contributed by atoms with E-state index in [0.29, 0.717) is 24.4 Å². The minimum absolute atomic E-state index is 0.0171. The predicted octanol–water partition coefficient (Wildman–Crippen LogP) is 4.11. The van der Waals surface area contributed by atoms with Gasteiger partial charge in [0.15, 0.2) is 0 Å². The van der Waals surface area contributed by atoms with E-state index in [4.69, 9.17) is 4.74 Å². The number of piperazine rings is 1. The maximum atomic E-state index is 13.6. The number of nitrogens with zero attached hydrogens (tertiary/aromatic N) is 2. The summed E-state index contributed by atoms with van der Waals surface area (Å²) in [6, 6.07) is 22.0. The van der Waals surface area contributed by atoms with E-state index in [9.17, 15) is 9.50 Å². The molecule has 176 valence electrons. The van der Waals surface area contributed by atoms with Gasteiger partial charge in [-0.3, -0.25) is 4.90 Å². The van der Waals surface area contributed by atoms with Crippen LogP contribution < -0.4 is 15.0 Å². The van der Waals surface area contributed by atoms with Crippen LogP contribution in [0.3, 0.4) is 0 Å². The molecule has 2 fully saturated rings. The number of benzene rings is 3. The molecule has 6 heteroatoms. The SMILES string of the molecule is Oc1ccc2c(c1)CCN(c1ccc(F)cc1)C2c1ccc(OCCN2C[C@H]3C[C@@H]2CN3)cc1. The Labute approximate surface area is 199 Å². The van der Waals surface area contributed by atoms with Gasteiger partial charge in [0.05, 0.1) is 6.04 Å². The van der Waals surface area contributed by atoms with Gasteiger partial charge in [0.2, 0.25) is 0 Å². The lowest BCUT2D eigenvalue weighted by atomic mass is 9.87. The summed E-state index contributed by atoms with van der Waals surface area (Å²) < 4.78 is 19.7. The summed E-state index contributed by atoms with van der Waals surface area (Å²) in [6.45, 7) is 4.67. The summed E-state index contributed by atoms with van der Waals surface area (Å²) in [4.78, 5) is 4.84. The third kappa shape index (κ3) is 4.12. The Morgan fingerprint density at radius 1 is 1.03 bits per heavy atom. The van der Waals surface area contributed by atoms with Crippen LogP contribution in [0.25, 0.3) is 0 Å². The van der Waals surface area contributed by atoms with Gasteiger partial charge in [-0.1, -0.05) is 18.2 Å². The molecule has 0 spiro atoms. The number of rotatable bonds is 6. The van der Waals surface area contributed by atoms with Crippen molar-refractivity contribution in [2.45, 2.75) is 31.0 Å². The van der Waals surface area contributed by atoms with Crippen molar-refractivity contribution in [2.75, 3.05) is 37.7 Å². The summed E-state index contributed by atoms with van der Waals surface area (Å²) in [7, 11) is 0. The van der Waals surface area contributed by atoms with Crippen molar-refractivity contribution in [1.29, 1.82) is 0 Å². The summed E-state index contributed by atoms with van der Waals surface area (Å²) >= 11 is 0. The number of fused-ring (bicyclic) bond motifs is 3. The molecule has 2 N–H and O–H groups in total. The first-order valence-corrected chi connectivity index (χ1v) is 12.2. The Morgan fingerprint density at radius 3 is 2.59 bits per heavy atom. The molecule has 2 saturated heterocycles. The number of aromatic hydroxyl groups is 1. The van der Waals surface area contributed by atoms with E-state index in [2.05, 4.69) is 27.2 Å². The van der Waals surface area contributed by atoms with Crippen LogP contribution in [0.5, 0.6) is 11.5 Å². The highest BCUT2D eigenvalue weighted by Crippen LogP contribution is 2.39. The van der Waals surface area contributed by atoms with E-state index in [0.717, 1.165) is 55.2 Å². The quantitative estimate of drug-likeness (QED) is 0.581. The number of phenols is 1. The Morgan fingerprint density at radius 2 is 1.85 bits per heavy atom. The largest absolute Gasteiger partial charge is 0.508 e. The number of ether oxygens (including phenoxy) is 1. The molecule has 5 nitrogen and oxygen atoms in total. The van der Waals surface area contributed by atoms with Gasteiger partial charge in [-0.15, -0.1) is 0 Å². The molecule has 0 radical (unpaired) electrons. The number of likely N-dealkylation sites (tertiary alicyclic amines) is 1. The second-order valence-electron chi connectivity index (χ2n) is 9.61. The number of hydrogen-bond acceptors (Lipinski definition) is 5. The Bertz CT molecular complexity index is 1150. The third-order valence-corrected chi connectivity index (χ3v) is 7.53. The number of phenolic OH excluding ortho intramolecular Hbond substituents is 1. The van der Waals surface area contributed by atoms with Crippen LogP contribution in [0, 0.1) is 5.82 Å². The monoisotopic (exact) mass is 459 g/mol. The highest BCUT2D eigenvalue weighted by Gasteiger charge is 2.37. The fraction of sp³-hybridized carbons (Fsp3) is 0.357. The molecule has 1 unspecified atom stereocenters. The van der Waals surface area contributed by atoms with Gasteiger partial charge < -0.3 is 20.1 Å². The standard InChI is InChI=1S/C28H30FN3O2/c29-21-3-5-23(6-4-21)32-12-11-20-15-25(33)7-10-27(20)28(32)19-1-8-26(9-2-19)34-14-13-31-18-22-16-24(31)17-30-22/h1-10,15,22,24,28,30,33H,11-14,16-18H2/t22-,24-,28?/m1/s1. The van der Waals surface area contributed by atoms with Gasteiger partial charge in [0.1, 0.15) is 23.9 Å². The summed E-state index contributed by atoms with van der Waals surface area (Å²) in [6.07, 6.45) is 2.09. The molecule has 3 aromatic carbocycles. The zero-order valence-electron chi connectivity index (χ0n) is 19.2. The first-order chi connectivity index (χ1) is 16.6. The zero-order valence-corrected chi connectivity index (χ0v) is 19.2. The molecule has 3 aliphatic rings. The number of halogens is 1. The smallest absolute Gasteiger partial charge is 0.123 e. The highest BCUT2D eigenvalue weighted by atomic mass is 19.1. The van der Waals surface area contributed by atoms with Crippen LogP contribution in [0.15, 0.2) is 66.7 Å². The Kier molecular flexibility index (Phi) is 5.63. The molecule has 0 aromatic heterocycles. The Balaban J connectivity index is 1.21. The van der Waals surface area contributed by atoms with Gasteiger partial charge in [-0.2, -0.15) is 0 Å². The van der Waals surface area contributed by atoms with E-state index in [1.807, 2.05) is 36.4 Å². The average molecular weight is 460 g/mol. The first kappa shape index (κ1) is 21.4. The number of hydrogen-bond donors (Lipinski definition) is 2. The van der Waals surface area contributed by atoms with Crippen molar-refractivity contribution in [3.8, 4) is 11.5 Å². The van der Waals surface area contributed by atoms with E-state index in [1.54, 1.807) is 6.07 Å². The predicted molar refractivity (Wildman–Crippen MR) is 131 cm³/mol. The molecule has 34 heavy (non-hydrogen) atoms. The fourth-order valence-electron chi connectivity index (χ4n) is 5.83. The van der Waals surface area contributed by atoms with Gasteiger partial charge in [-0.05, 0) is 78.1 Å². The maximum absolute atomic E-state index is 13.6. The van der Waals surface area contributed by atoms with Crippen molar-refractivity contribution < 1.29 is 14.2 Å². The molecule has 0 saturated carbocycles. The molecular weight excluding hydrogens is 429 g/mol. The van der Waals surface area contributed by atoms with Crippen LogP contribution in [0.1, 0.15) is 29.2 Å². The second-order valence-corrected chi connectivity index (χ2v) is 9.61. The van der Waals surface area contributed by atoms with Crippen molar-refractivity contribution >= 4 is 5.69 Å². The topological polar surface area (TPSA) is 48.0 Å². The van der Waals surface area contributed by atoms with Gasteiger partial charge in [0, 0.05) is 44.0 Å². The summed E-state index contributed by atoms with van der Waals surface area (Å²) in [5, 5.41) is 13.6. The third-order valence-electron chi connectivity index (χ3n) is 7.53. The fourth-order valence-corrected chi connectivity index (χ4v) is 5.83. The van der Waals surface area contributed by atoms with Crippen LogP contribution in [0.4, 0.5) is 10.1 Å². The average Bonchev–Trinajstić information content (AvgIpc) is 3.48. The molecule has 3 aromatic rings. The van der Waals surface area contributed by atoms with Crippen LogP contribution >= 0.6 is 0 Å². The number of nitrogens with one attached hydrogen (secondary N) is 1. The molecule has 3 atom stereocenters. The lowest BCUT2D eigenvalue weighted by molar-refractivity contribution is 0.180. The van der Waals surface area contributed by atoms with Crippen molar-refractivity contribution in [3.63, 3.8) is 0 Å². The molecule has 3 heterocycles. The minimum Gasteiger partial charge on any atom is -0.508 e. The maximum Gasteiger partial charge on any atom is 0.123 e. The first-order valence-electron chi connectivity index (χ1n) is 12.2. The Hall–Kier alpha value is -3.09. The van der Waals surface area contributed by atoms with Gasteiger partial charge in [0.25, 0.3) is 0 Å². The van der Waals surface area contributed by atoms with Crippen molar-refractivity contribution in [2.24, 2.45) is 0 Å². The van der Waals surface area contributed by atoms with Crippen molar-refractivity contribution in [1.82, 2.24) is 10.2 Å². The lowest BCUT2D eigenvalue weighted by Crippen LogP contribution is -2.45. The normalized spacial score (nSPS) is 23.8. The van der Waals surface area contributed by atoms with E-state index in [1.165, 1.54) is 24.1 Å².